The maximum absolute atomic E-state index is 6.81. The molecule has 0 bridgehead atoms. The van der Waals surface area contributed by atoms with E-state index in [1.165, 1.54) is 0 Å². The molecule has 2 nitrogen and oxygen atoms in total. The second kappa shape index (κ2) is 10.1. The second-order valence-electron chi connectivity index (χ2n) is 2.74. The smallest absolute Gasteiger partial charge is 0.240 e. The van der Waals surface area contributed by atoms with Gasteiger partial charge >= 0.3 is 0 Å². The SMILES string of the molecule is C=CC[Si](C)(CC=C)O[Si]C.O[Si]. The Kier molecular flexibility index (Phi) is 12.1. The quantitative estimate of drug-likeness (QED) is 0.555. The van der Waals surface area contributed by atoms with Gasteiger partial charge in [-0.1, -0.05) is 12.2 Å². The monoisotopic (exact) mass is 229 g/mol. The fraction of sp³-hybridized carbons (Fsp3) is 0.500. The molecule has 1 N–H and O–H groups in total. The molecule has 0 aromatic carbocycles. The Hall–Kier alpha value is 0.0506. The standard InChI is InChI=1S/C8H16OSi2.HOSi/c1-5-7-11(4,8-6-2)9-10-3;1-2/h5-6H,1-2,7-8H2,3-4H3;1H. The molecule has 0 aliphatic carbocycles. The molecule has 13 heavy (non-hydrogen) atoms. The number of hydrogen-bond donors (Lipinski definition) is 1. The highest BCUT2D eigenvalue weighted by molar-refractivity contribution is 6.76. The third kappa shape index (κ3) is 8.38. The highest BCUT2D eigenvalue weighted by Crippen LogP contribution is 2.17. The van der Waals surface area contributed by atoms with Crippen LogP contribution in [-0.2, 0) is 4.12 Å². The summed E-state index contributed by atoms with van der Waals surface area (Å²) in [5.74, 6) is 0. The summed E-state index contributed by atoms with van der Waals surface area (Å²) in [5, 5.41) is 0. The van der Waals surface area contributed by atoms with Crippen molar-refractivity contribution < 1.29 is 8.91 Å². The highest BCUT2D eigenvalue weighted by atomic mass is 28.4. The molecule has 0 heterocycles. The van der Waals surface area contributed by atoms with Crippen molar-refractivity contribution in [3.05, 3.63) is 25.3 Å². The molecule has 0 rings (SSSR count). The number of allylic oxidation sites excluding steroid dienone is 2. The summed E-state index contributed by atoms with van der Waals surface area (Å²) in [6.45, 7) is 11.8. The van der Waals surface area contributed by atoms with Crippen LogP contribution in [0.1, 0.15) is 0 Å². The predicted molar refractivity (Wildman–Crippen MR) is 62.3 cm³/mol. The summed E-state index contributed by atoms with van der Waals surface area (Å²) in [7, 11) is 1.09. The van der Waals surface area contributed by atoms with Gasteiger partial charge in [0.25, 0.3) is 0 Å². The molecule has 0 atom stereocenters. The Labute approximate surface area is 88.3 Å². The lowest BCUT2D eigenvalue weighted by Crippen LogP contribution is -2.33. The Morgan fingerprint density at radius 2 is 1.77 bits per heavy atom. The zero-order chi connectivity index (χ0) is 10.7. The molecule has 0 amide bonds. The molecular weight excluding hydrogens is 212 g/mol. The van der Waals surface area contributed by atoms with Crippen molar-refractivity contribution in [3.63, 3.8) is 0 Å². The van der Waals surface area contributed by atoms with Crippen LogP contribution in [0.2, 0.25) is 25.2 Å². The minimum Gasteiger partial charge on any atom is -0.456 e. The average Bonchev–Trinajstić information content (AvgIpc) is 2.09. The largest absolute Gasteiger partial charge is 0.456 e. The van der Waals surface area contributed by atoms with Crippen LogP contribution in [0.25, 0.3) is 0 Å². The average molecular weight is 229 g/mol. The van der Waals surface area contributed by atoms with E-state index in [1.807, 2.05) is 22.6 Å². The van der Waals surface area contributed by atoms with Gasteiger partial charge < -0.3 is 8.91 Å². The molecule has 0 aliphatic heterocycles. The van der Waals surface area contributed by atoms with E-state index >= 15 is 0 Å². The fourth-order valence-electron chi connectivity index (χ4n) is 1.02. The van der Waals surface area contributed by atoms with Gasteiger partial charge in [-0.25, -0.2) is 0 Å². The first-order valence-electron chi connectivity index (χ1n) is 3.97. The van der Waals surface area contributed by atoms with E-state index in [2.05, 4.69) is 26.3 Å². The Bertz CT molecular complexity index is 129. The third-order valence-electron chi connectivity index (χ3n) is 1.50. The van der Waals surface area contributed by atoms with Crippen LogP contribution in [0.4, 0.5) is 0 Å². The maximum Gasteiger partial charge on any atom is 0.240 e. The van der Waals surface area contributed by atoms with Gasteiger partial charge in [-0.15, -0.1) is 13.2 Å². The normalized spacial score (nSPS) is 9.85. The van der Waals surface area contributed by atoms with Gasteiger partial charge in [0.1, 0.15) is 0 Å². The lowest BCUT2D eigenvalue weighted by Gasteiger charge is -2.23. The van der Waals surface area contributed by atoms with Gasteiger partial charge in [-0.3, -0.25) is 0 Å². The maximum atomic E-state index is 6.81. The molecule has 0 spiro atoms. The van der Waals surface area contributed by atoms with Crippen molar-refractivity contribution in [1.29, 1.82) is 0 Å². The van der Waals surface area contributed by atoms with Gasteiger partial charge in [-0.2, -0.15) is 0 Å². The van der Waals surface area contributed by atoms with Crippen LogP contribution in [0.5, 0.6) is 0 Å². The number of hydrogen-bond acceptors (Lipinski definition) is 2. The van der Waals surface area contributed by atoms with Gasteiger partial charge in [0.15, 0.2) is 8.32 Å². The van der Waals surface area contributed by atoms with E-state index in [1.54, 1.807) is 0 Å². The van der Waals surface area contributed by atoms with Gasteiger partial charge in [-0.05, 0) is 25.2 Å². The summed E-state index contributed by atoms with van der Waals surface area (Å²) in [5.41, 5.74) is 0. The van der Waals surface area contributed by atoms with Crippen LogP contribution >= 0.6 is 0 Å². The minimum absolute atomic E-state index is 0.595. The van der Waals surface area contributed by atoms with E-state index in [0.717, 1.165) is 12.1 Å². The molecule has 0 fully saturated rings. The first kappa shape index (κ1) is 15.5. The van der Waals surface area contributed by atoms with E-state index in [9.17, 15) is 0 Å². The molecule has 0 aromatic rings. The lowest BCUT2D eigenvalue weighted by molar-refractivity contribution is 0.590. The van der Waals surface area contributed by atoms with Crippen LogP contribution in [0.15, 0.2) is 25.3 Å². The zero-order valence-electron chi connectivity index (χ0n) is 8.34. The van der Waals surface area contributed by atoms with Crippen molar-refractivity contribution in [2.45, 2.75) is 25.2 Å². The first-order chi connectivity index (χ1) is 6.18. The molecule has 5 radical (unpaired) electrons. The van der Waals surface area contributed by atoms with Crippen molar-refractivity contribution in [3.8, 4) is 0 Å². The predicted octanol–water partition coefficient (Wildman–Crippen LogP) is 1.68. The molecule has 0 saturated carbocycles. The van der Waals surface area contributed by atoms with Gasteiger partial charge in [0, 0.05) is 0 Å². The highest BCUT2D eigenvalue weighted by Gasteiger charge is 2.24. The Balaban J connectivity index is 0. The Morgan fingerprint density at radius 1 is 1.38 bits per heavy atom. The van der Waals surface area contributed by atoms with Gasteiger partial charge in [0.05, 0.1) is 0 Å². The minimum atomic E-state index is -1.47. The van der Waals surface area contributed by atoms with Crippen LogP contribution in [0.3, 0.4) is 0 Å². The summed E-state index contributed by atoms with van der Waals surface area (Å²) in [4.78, 5) is 6.81. The van der Waals surface area contributed by atoms with E-state index in [0.29, 0.717) is 9.76 Å². The van der Waals surface area contributed by atoms with Crippen molar-refractivity contribution in [1.82, 2.24) is 0 Å². The summed E-state index contributed by atoms with van der Waals surface area (Å²) < 4.78 is 5.73. The van der Waals surface area contributed by atoms with Crippen molar-refractivity contribution >= 4 is 28.6 Å². The first-order valence-corrected chi connectivity index (χ1v) is 8.65. The molecular formula is C8H17O2Si3. The van der Waals surface area contributed by atoms with Crippen LogP contribution in [0, 0.1) is 0 Å². The van der Waals surface area contributed by atoms with E-state index in [-0.39, 0.29) is 0 Å². The third-order valence-corrected chi connectivity index (χ3v) is 6.59. The van der Waals surface area contributed by atoms with Gasteiger partial charge in [0.2, 0.25) is 20.2 Å². The topological polar surface area (TPSA) is 29.5 Å². The molecule has 0 saturated heterocycles. The molecule has 0 unspecified atom stereocenters. The molecule has 0 aliphatic rings. The van der Waals surface area contributed by atoms with Crippen LogP contribution in [-0.4, -0.2) is 33.4 Å². The molecule has 73 valence electrons. The zero-order valence-corrected chi connectivity index (χ0v) is 11.3. The van der Waals surface area contributed by atoms with E-state index in [4.69, 9.17) is 8.91 Å². The van der Waals surface area contributed by atoms with Crippen LogP contribution < -0.4 is 0 Å². The van der Waals surface area contributed by atoms with Crippen molar-refractivity contribution in [2.24, 2.45) is 0 Å². The summed E-state index contributed by atoms with van der Waals surface area (Å²) in [6, 6.07) is 2.06. The van der Waals surface area contributed by atoms with E-state index < -0.39 is 8.32 Å². The molecule has 5 heteroatoms. The number of rotatable bonds is 6. The fourth-order valence-corrected chi connectivity index (χ4v) is 5.05. The molecule has 0 aromatic heterocycles. The summed E-state index contributed by atoms with van der Waals surface area (Å²) >= 11 is 0. The Morgan fingerprint density at radius 3 is 2.00 bits per heavy atom. The second-order valence-corrected chi connectivity index (χ2v) is 7.68. The lowest BCUT2D eigenvalue weighted by atomic mass is 10.7. The summed E-state index contributed by atoms with van der Waals surface area (Å²) in [6.07, 6.45) is 3.91. The van der Waals surface area contributed by atoms with Crippen molar-refractivity contribution in [2.75, 3.05) is 0 Å².